The first-order valence-electron chi connectivity index (χ1n) is 17.1. The Morgan fingerprint density at radius 1 is 1.29 bits per heavy atom. The number of esters is 1. The fraction of sp³-hybridized carbons (Fsp3) is 0.639. The van der Waals surface area contributed by atoms with Crippen molar-refractivity contribution >= 4 is 35.1 Å². The third kappa shape index (κ3) is 9.11. The van der Waals surface area contributed by atoms with Crippen LogP contribution in [0, 0.1) is 5.92 Å². The number of aliphatic hydroxyl groups is 2. The highest BCUT2D eigenvalue weighted by Crippen LogP contribution is 2.49. The number of epoxide rings is 1. The van der Waals surface area contributed by atoms with Crippen LogP contribution in [0.4, 0.5) is 5.69 Å². The monoisotopic (exact) mass is 736 g/mol. The maximum atomic E-state index is 14.1. The number of likely N-dealkylation sites (N-methyl/N-ethyl adjacent to an activating group) is 1. The number of halogens is 1. The second-order valence-electron chi connectivity index (χ2n) is 13.9. The molecule has 2 saturated heterocycles. The number of methoxy groups -OCH3 is 2. The van der Waals surface area contributed by atoms with Gasteiger partial charge in [0.15, 0.2) is 5.72 Å². The lowest BCUT2D eigenvalue weighted by molar-refractivity contribution is -0.271. The topological polar surface area (TPSA) is 172 Å². The Balaban J connectivity index is 1.76. The van der Waals surface area contributed by atoms with E-state index in [1.165, 1.54) is 31.1 Å². The van der Waals surface area contributed by atoms with Gasteiger partial charge in [-0.3, -0.25) is 9.59 Å². The standard InChI is InChI=1S/C36H53ClN4O10/c1-20-11-10-12-27(48-9)36(46)19-26(49-34(45)39-36)21(2)32-35(4,51-32)28(50-33(44)22(3)40(6)29(42)13-14-38-5)18-30(43)41(7)24-16-23(15-20)17-25(47-8)31(24)37/h10-12,16-17,21-22,26-28,32,34,38-39,45-46H,13-15,18-19H2,1-9H3/b12-10+,20-11+/t21-,22+,26+,27-,28+,32+,34?,35+,36+/m1/s1. The smallest absolute Gasteiger partial charge is 0.328 e. The largest absolute Gasteiger partial charge is 0.495 e. The van der Waals surface area contributed by atoms with Crippen LogP contribution in [0.15, 0.2) is 35.9 Å². The molecule has 1 aromatic carbocycles. The molecule has 0 aromatic heterocycles. The summed E-state index contributed by atoms with van der Waals surface area (Å²) < 4.78 is 29.4. The van der Waals surface area contributed by atoms with Crippen LogP contribution in [0.3, 0.4) is 0 Å². The molecule has 0 radical (unpaired) electrons. The number of ether oxygens (including phenoxy) is 5. The average Bonchev–Trinajstić information content (AvgIpc) is 3.79. The number of aliphatic hydroxyl groups excluding tert-OH is 1. The van der Waals surface area contributed by atoms with Gasteiger partial charge in [-0.05, 0) is 51.9 Å². The molecule has 1 aromatic rings. The molecule has 4 bridgehead atoms. The van der Waals surface area contributed by atoms with Crippen molar-refractivity contribution < 1.29 is 48.3 Å². The van der Waals surface area contributed by atoms with E-state index >= 15 is 0 Å². The van der Waals surface area contributed by atoms with Gasteiger partial charge in [0.25, 0.3) is 0 Å². The van der Waals surface area contributed by atoms with Crippen LogP contribution in [0.5, 0.6) is 5.75 Å². The Kier molecular flexibility index (Phi) is 13.3. The molecule has 14 nitrogen and oxygen atoms in total. The summed E-state index contributed by atoms with van der Waals surface area (Å²) in [4.78, 5) is 43.2. The van der Waals surface area contributed by atoms with Crippen LogP contribution in [0.1, 0.15) is 52.5 Å². The van der Waals surface area contributed by atoms with E-state index < -0.39 is 66.0 Å². The maximum Gasteiger partial charge on any atom is 0.328 e. The predicted molar refractivity (Wildman–Crippen MR) is 190 cm³/mol. The number of allylic oxidation sites excluding steroid dienone is 3. The van der Waals surface area contributed by atoms with Crippen molar-refractivity contribution in [3.05, 3.63) is 46.5 Å². The van der Waals surface area contributed by atoms with Gasteiger partial charge in [0.2, 0.25) is 18.2 Å². The third-order valence-corrected chi connectivity index (χ3v) is 10.6. The normalized spacial score (nSPS) is 33.7. The lowest BCUT2D eigenvalue weighted by Gasteiger charge is -2.44. The third-order valence-electron chi connectivity index (χ3n) is 10.2. The minimum Gasteiger partial charge on any atom is -0.495 e. The van der Waals surface area contributed by atoms with Gasteiger partial charge in [0.1, 0.15) is 34.6 Å². The SMILES string of the molecule is CNCCC(=O)N(C)[C@@H](C)C(=O)O[C@H]1CC(=O)N(C)c2cc(cc(OC)c2Cl)C/C(C)=C/C=C/[C@@H](OC)[C@@]2(O)C[C@H](OC(O)N2)[C@@H](C)[C@@H]2O[C@@]12C. The molecule has 9 atom stereocenters. The van der Waals surface area contributed by atoms with Crippen LogP contribution in [-0.4, -0.2) is 123 Å². The highest BCUT2D eigenvalue weighted by Gasteiger charge is 2.64. The quantitative estimate of drug-likeness (QED) is 0.227. The predicted octanol–water partition coefficient (Wildman–Crippen LogP) is 2.28. The zero-order valence-corrected chi connectivity index (χ0v) is 31.7. The van der Waals surface area contributed by atoms with Crippen molar-refractivity contribution in [1.29, 1.82) is 0 Å². The molecule has 0 aliphatic carbocycles. The first-order chi connectivity index (χ1) is 24.0. The summed E-state index contributed by atoms with van der Waals surface area (Å²) in [5, 5.41) is 28.3. The van der Waals surface area contributed by atoms with Crippen LogP contribution in [0.25, 0.3) is 0 Å². The average molecular weight is 737 g/mol. The van der Waals surface area contributed by atoms with Gasteiger partial charge in [-0.25, -0.2) is 10.1 Å². The summed E-state index contributed by atoms with van der Waals surface area (Å²) in [6.45, 7) is 7.52. The molecule has 2 amide bonds. The Hall–Kier alpha value is -3.08. The van der Waals surface area contributed by atoms with Crippen LogP contribution in [0.2, 0.25) is 5.02 Å². The maximum absolute atomic E-state index is 14.1. The minimum absolute atomic E-state index is 0.0134. The first-order valence-corrected chi connectivity index (χ1v) is 17.5. The Bertz CT molecular complexity index is 1510. The number of benzene rings is 1. The van der Waals surface area contributed by atoms with Crippen molar-refractivity contribution in [2.24, 2.45) is 5.92 Å². The highest BCUT2D eigenvalue weighted by molar-refractivity contribution is 6.35. The Morgan fingerprint density at radius 3 is 2.65 bits per heavy atom. The van der Waals surface area contributed by atoms with Gasteiger partial charge >= 0.3 is 5.97 Å². The van der Waals surface area contributed by atoms with E-state index in [2.05, 4.69) is 10.6 Å². The van der Waals surface area contributed by atoms with E-state index in [-0.39, 0.29) is 30.2 Å². The molecule has 3 aliphatic rings. The molecule has 3 heterocycles. The van der Waals surface area contributed by atoms with E-state index in [1.807, 2.05) is 19.9 Å². The summed E-state index contributed by atoms with van der Waals surface area (Å²) in [7, 11) is 7.80. The van der Waals surface area contributed by atoms with Crippen molar-refractivity contribution in [3.63, 3.8) is 0 Å². The molecule has 0 saturated carbocycles. The second-order valence-corrected chi connectivity index (χ2v) is 14.2. The summed E-state index contributed by atoms with van der Waals surface area (Å²) >= 11 is 6.75. The number of fused-ring (bicyclic) bond motifs is 5. The summed E-state index contributed by atoms with van der Waals surface area (Å²) in [6.07, 6.45) is 0.878. The van der Waals surface area contributed by atoms with Gasteiger partial charge in [-0.2, -0.15) is 0 Å². The number of hydrogen-bond acceptors (Lipinski definition) is 12. The van der Waals surface area contributed by atoms with Gasteiger partial charge in [0, 0.05) is 46.5 Å². The van der Waals surface area contributed by atoms with Crippen molar-refractivity contribution in [2.75, 3.05) is 46.8 Å². The number of anilines is 1. The van der Waals surface area contributed by atoms with E-state index in [0.717, 1.165) is 11.1 Å². The van der Waals surface area contributed by atoms with Crippen LogP contribution < -0.4 is 20.3 Å². The number of nitrogens with zero attached hydrogens (tertiary/aromatic N) is 2. The van der Waals surface area contributed by atoms with Gasteiger partial charge in [-0.15, -0.1) is 0 Å². The van der Waals surface area contributed by atoms with Gasteiger partial charge in [0.05, 0.1) is 31.4 Å². The number of carbonyl (C=O) groups is 3. The summed E-state index contributed by atoms with van der Waals surface area (Å²) in [5.74, 6) is -1.46. The molecule has 0 spiro atoms. The number of carbonyl (C=O) groups excluding carboxylic acids is 3. The first kappa shape index (κ1) is 40.7. The van der Waals surface area contributed by atoms with Crippen molar-refractivity contribution in [3.8, 4) is 5.75 Å². The second kappa shape index (κ2) is 16.7. The number of hydrogen-bond donors (Lipinski definition) is 4. The lowest BCUT2D eigenvalue weighted by atomic mass is 9.83. The van der Waals surface area contributed by atoms with Crippen molar-refractivity contribution in [1.82, 2.24) is 15.5 Å². The Morgan fingerprint density at radius 2 is 2.00 bits per heavy atom. The molecule has 2 fully saturated rings. The highest BCUT2D eigenvalue weighted by atomic mass is 35.5. The van der Waals surface area contributed by atoms with E-state index in [9.17, 15) is 24.6 Å². The molecule has 4 rings (SSSR count). The summed E-state index contributed by atoms with van der Waals surface area (Å²) in [6, 6.07) is 2.65. The van der Waals surface area contributed by atoms with E-state index in [1.54, 1.807) is 52.2 Å². The number of nitrogens with one attached hydrogen (secondary N) is 2. The molecule has 284 valence electrons. The number of amides is 2. The molecule has 51 heavy (non-hydrogen) atoms. The van der Waals surface area contributed by atoms with Crippen LogP contribution in [-0.2, 0) is 39.8 Å². The van der Waals surface area contributed by atoms with Crippen LogP contribution >= 0.6 is 11.6 Å². The van der Waals surface area contributed by atoms with Gasteiger partial charge < -0.3 is 49.0 Å². The zero-order valence-electron chi connectivity index (χ0n) is 30.9. The molecule has 1 unspecified atom stereocenters. The van der Waals surface area contributed by atoms with E-state index in [0.29, 0.717) is 24.4 Å². The fourth-order valence-electron chi connectivity index (χ4n) is 6.74. The molecule has 4 N–H and O–H groups in total. The molecule has 3 aliphatic heterocycles. The van der Waals surface area contributed by atoms with Crippen molar-refractivity contribution in [2.45, 2.75) is 102 Å². The molecular formula is C36H53ClN4O10. The fourth-order valence-corrected chi connectivity index (χ4v) is 7.05. The molecular weight excluding hydrogens is 684 g/mol. The number of rotatable bonds is 8. The minimum atomic E-state index is -1.72. The van der Waals surface area contributed by atoms with Gasteiger partial charge in [-0.1, -0.05) is 42.3 Å². The Labute approximate surface area is 305 Å². The lowest BCUT2D eigenvalue weighted by Crippen LogP contribution is -2.65. The van der Waals surface area contributed by atoms with E-state index in [4.69, 9.17) is 35.3 Å². The molecule has 15 heteroatoms. The summed E-state index contributed by atoms with van der Waals surface area (Å²) in [5.41, 5.74) is -0.728. The zero-order chi connectivity index (χ0) is 37.8.